The Hall–Kier alpha value is -2.15. The number of ether oxygens (including phenoxy) is 2. The van der Waals surface area contributed by atoms with Gasteiger partial charge in [-0.15, -0.1) is 0 Å². The molecular formula is C15H20N2O5. The number of methoxy groups -OCH3 is 1. The number of fused-ring (bicyclic) bond motifs is 1. The Balaban J connectivity index is 2.30. The van der Waals surface area contributed by atoms with Gasteiger partial charge in [0.05, 0.1) is 24.4 Å². The van der Waals surface area contributed by atoms with Gasteiger partial charge in [-0.1, -0.05) is 0 Å². The average Bonchev–Trinajstić information content (AvgIpc) is 2.75. The Morgan fingerprint density at radius 1 is 1.45 bits per heavy atom. The van der Waals surface area contributed by atoms with Crippen molar-refractivity contribution in [1.29, 1.82) is 0 Å². The number of pyridine rings is 1. The van der Waals surface area contributed by atoms with Gasteiger partial charge in [0.2, 0.25) is 0 Å². The lowest BCUT2D eigenvalue weighted by Gasteiger charge is -2.28. The molecule has 1 atom stereocenters. The molecule has 0 aliphatic carbocycles. The Morgan fingerprint density at radius 2 is 2.14 bits per heavy atom. The summed E-state index contributed by atoms with van der Waals surface area (Å²) in [5, 5.41) is 9.04. The predicted octanol–water partition coefficient (Wildman–Crippen LogP) is 2.22. The molecule has 0 radical (unpaired) electrons. The molecule has 1 aromatic heterocycles. The van der Waals surface area contributed by atoms with E-state index in [0.717, 1.165) is 0 Å². The van der Waals surface area contributed by atoms with E-state index >= 15 is 0 Å². The van der Waals surface area contributed by atoms with Crippen LogP contribution >= 0.6 is 0 Å². The van der Waals surface area contributed by atoms with Crippen molar-refractivity contribution in [3.8, 4) is 0 Å². The summed E-state index contributed by atoms with van der Waals surface area (Å²) in [6, 6.07) is 1.16. The van der Waals surface area contributed by atoms with Crippen molar-refractivity contribution in [2.75, 3.05) is 13.7 Å². The second-order valence-corrected chi connectivity index (χ2v) is 6.15. The lowest BCUT2D eigenvalue weighted by atomic mass is 10.1. The molecule has 0 fully saturated rings. The van der Waals surface area contributed by atoms with Crippen LogP contribution in [0.1, 0.15) is 48.4 Å². The highest BCUT2D eigenvalue weighted by atomic mass is 16.6. The Morgan fingerprint density at radius 3 is 2.68 bits per heavy atom. The van der Waals surface area contributed by atoms with Gasteiger partial charge < -0.3 is 14.6 Å². The molecule has 7 heteroatoms. The third kappa shape index (κ3) is 3.36. The van der Waals surface area contributed by atoms with Crippen LogP contribution < -0.4 is 0 Å². The topological polar surface area (TPSA) is 89.0 Å². The number of amides is 1. The minimum atomic E-state index is -1.05. The van der Waals surface area contributed by atoms with Gasteiger partial charge in [0.15, 0.2) is 0 Å². The van der Waals surface area contributed by atoms with Gasteiger partial charge in [-0.2, -0.15) is 0 Å². The van der Waals surface area contributed by atoms with Crippen molar-refractivity contribution in [2.24, 2.45) is 0 Å². The number of carboxylic acids is 1. The van der Waals surface area contributed by atoms with Gasteiger partial charge >= 0.3 is 12.1 Å². The highest BCUT2D eigenvalue weighted by Crippen LogP contribution is 2.34. The van der Waals surface area contributed by atoms with Gasteiger partial charge in [-0.3, -0.25) is 9.88 Å². The summed E-state index contributed by atoms with van der Waals surface area (Å²) < 4.78 is 10.6. The SMILES string of the molecule is COC[C@H]1c2ncc(C(=O)O)cc2CN1C(=O)OC(C)(C)C. The number of nitrogens with zero attached hydrogens (tertiary/aromatic N) is 2. The summed E-state index contributed by atoms with van der Waals surface area (Å²) in [4.78, 5) is 29.1. The zero-order valence-electron chi connectivity index (χ0n) is 13.1. The molecular weight excluding hydrogens is 288 g/mol. The molecule has 1 N–H and O–H groups in total. The van der Waals surface area contributed by atoms with E-state index in [0.29, 0.717) is 11.3 Å². The molecule has 0 aromatic carbocycles. The molecule has 0 saturated carbocycles. The molecule has 1 aliphatic heterocycles. The third-order valence-electron chi connectivity index (χ3n) is 3.23. The molecule has 0 spiro atoms. The zero-order chi connectivity index (χ0) is 16.5. The second kappa shape index (κ2) is 5.92. The van der Waals surface area contributed by atoms with Crippen LogP contribution in [-0.4, -0.2) is 46.4 Å². The van der Waals surface area contributed by atoms with E-state index in [2.05, 4.69) is 4.98 Å². The van der Waals surface area contributed by atoms with Gasteiger partial charge in [-0.25, -0.2) is 9.59 Å². The first kappa shape index (κ1) is 16.2. The number of rotatable bonds is 3. The maximum absolute atomic E-state index is 12.3. The minimum Gasteiger partial charge on any atom is -0.478 e. The maximum Gasteiger partial charge on any atom is 0.411 e. The lowest BCUT2D eigenvalue weighted by Crippen LogP contribution is -2.37. The van der Waals surface area contributed by atoms with E-state index in [9.17, 15) is 9.59 Å². The van der Waals surface area contributed by atoms with Crippen LogP contribution in [0.3, 0.4) is 0 Å². The molecule has 0 bridgehead atoms. The summed E-state index contributed by atoms with van der Waals surface area (Å²) >= 11 is 0. The number of aromatic nitrogens is 1. The molecule has 0 saturated heterocycles. The third-order valence-corrected chi connectivity index (χ3v) is 3.23. The first-order valence-corrected chi connectivity index (χ1v) is 6.93. The van der Waals surface area contributed by atoms with Gasteiger partial charge in [0, 0.05) is 13.3 Å². The van der Waals surface area contributed by atoms with Crippen molar-refractivity contribution in [3.63, 3.8) is 0 Å². The van der Waals surface area contributed by atoms with Crippen molar-refractivity contribution >= 4 is 12.1 Å². The predicted molar refractivity (Wildman–Crippen MR) is 77.6 cm³/mol. The van der Waals surface area contributed by atoms with Crippen LogP contribution in [0.5, 0.6) is 0 Å². The molecule has 1 aromatic rings. The van der Waals surface area contributed by atoms with Crippen LogP contribution in [0.15, 0.2) is 12.3 Å². The smallest absolute Gasteiger partial charge is 0.411 e. The van der Waals surface area contributed by atoms with Crippen LogP contribution in [0.2, 0.25) is 0 Å². The van der Waals surface area contributed by atoms with E-state index in [1.54, 1.807) is 20.8 Å². The molecule has 2 rings (SSSR count). The Kier molecular flexibility index (Phi) is 4.37. The van der Waals surface area contributed by atoms with Crippen LogP contribution in [0.25, 0.3) is 0 Å². The number of carbonyl (C=O) groups is 2. The minimum absolute atomic E-state index is 0.0981. The summed E-state index contributed by atoms with van der Waals surface area (Å²) in [6.07, 6.45) is 0.826. The van der Waals surface area contributed by atoms with Gasteiger partial charge in [0.25, 0.3) is 0 Å². The number of carboxylic acid groups (broad SMARTS) is 1. The number of hydrogen-bond donors (Lipinski definition) is 1. The van der Waals surface area contributed by atoms with E-state index in [-0.39, 0.29) is 24.8 Å². The fourth-order valence-electron chi connectivity index (χ4n) is 2.35. The van der Waals surface area contributed by atoms with Crippen molar-refractivity contribution in [1.82, 2.24) is 9.88 Å². The summed E-state index contributed by atoms with van der Waals surface area (Å²) in [5.74, 6) is -1.05. The summed E-state index contributed by atoms with van der Waals surface area (Å²) in [5.41, 5.74) is 0.842. The van der Waals surface area contributed by atoms with Gasteiger partial charge in [0.1, 0.15) is 11.6 Å². The Bertz CT molecular complexity index is 594. The lowest BCUT2D eigenvalue weighted by molar-refractivity contribution is 0.00743. The molecule has 7 nitrogen and oxygen atoms in total. The fourth-order valence-corrected chi connectivity index (χ4v) is 2.35. The molecule has 0 unspecified atom stereocenters. The standard InChI is InChI=1S/C15H20N2O5/c1-15(2,3)22-14(20)17-7-10-5-9(13(18)19)6-16-12(10)11(17)8-21-4/h5-6,11H,7-8H2,1-4H3,(H,18,19)/t11-/m0/s1. The zero-order valence-corrected chi connectivity index (χ0v) is 13.1. The largest absolute Gasteiger partial charge is 0.478 e. The summed E-state index contributed by atoms with van der Waals surface area (Å²) in [7, 11) is 1.54. The van der Waals surface area contributed by atoms with E-state index in [4.69, 9.17) is 14.6 Å². The first-order valence-electron chi connectivity index (χ1n) is 6.93. The highest BCUT2D eigenvalue weighted by Gasteiger charge is 2.37. The fraction of sp³-hybridized carbons (Fsp3) is 0.533. The number of carbonyl (C=O) groups excluding carboxylic acids is 1. The van der Waals surface area contributed by atoms with E-state index < -0.39 is 17.7 Å². The molecule has 120 valence electrons. The quantitative estimate of drug-likeness (QED) is 0.921. The van der Waals surface area contributed by atoms with E-state index in [1.165, 1.54) is 24.3 Å². The average molecular weight is 308 g/mol. The Labute approximate surface area is 128 Å². The van der Waals surface area contributed by atoms with Crippen molar-refractivity contribution in [3.05, 3.63) is 29.1 Å². The van der Waals surface area contributed by atoms with Crippen LogP contribution in [0.4, 0.5) is 4.79 Å². The highest BCUT2D eigenvalue weighted by molar-refractivity contribution is 5.87. The monoisotopic (exact) mass is 308 g/mol. The molecule has 22 heavy (non-hydrogen) atoms. The number of hydrogen-bond acceptors (Lipinski definition) is 5. The maximum atomic E-state index is 12.3. The van der Waals surface area contributed by atoms with Gasteiger partial charge in [-0.05, 0) is 32.4 Å². The summed E-state index contributed by atoms with van der Waals surface area (Å²) in [6.45, 7) is 5.90. The second-order valence-electron chi connectivity index (χ2n) is 6.15. The van der Waals surface area contributed by atoms with Crippen molar-refractivity contribution in [2.45, 2.75) is 39.0 Å². The van der Waals surface area contributed by atoms with Crippen LogP contribution in [0, 0.1) is 0 Å². The first-order chi connectivity index (χ1) is 10.2. The van der Waals surface area contributed by atoms with Crippen molar-refractivity contribution < 1.29 is 24.2 Å². The van der Waals surface area contributed by atoms with E-state index in [1.807, 2.05) is 0 Å². The normalized spacial score (nSPS) is 17.3. The molecule has 2 heterocycles. The number of aromatic carboxylic acids is 1. The molecule has 1 amide bonds. The van der Waals surface area contributed by atoms with Crippen LogP contribution in [-0.2, 0) is 16.0 Å². The molecule has 1 aliphatic rings.